The molecule has 2 saturated heterocycles. The highest BCUT2D eigenvalue weighted by Gasteiger charge is 2.53. The number of hydrogen-bond acceptors (Lipinski definition) is 8. The number of esters is 2. The Morgan fingerprint density at radius 1 is 0.773 bits per heavy atom. The van der Waals surface area contributed by atoms with E-state index in [0.29, 0.717) is 0 Å². The lowest BCUT2D eigenvalue weighted by Gasteiger charge is -2.46. The summed E-state index contributed by atoms with van der Waals surface area (Å²) in [5.41, 5.74) is 0. The van der Waals surface area contributed by atoms with E-state index in [1.54, 1.807) is 27.7 Å². The maximum Gasteiger partial charge on any atom is 0.338 e. The van der Waals surface area contributed by atoms with Crippen LogP contribution >= 0.6 is 0 Å². The molecule has 8 heteroatoms. The van der Waals surface area contributed by atoms with E-state index in [-0.39, 0.29) is 13.2 Å². The number of hydrogen-bond donors (Lipinski definition) is 0. The summed E-state index contributed by atoms with van der Waals surface area (Å²) in [5, 5.41) is 0. The minimum absolute atomic E-state index is 0.221. The van der Waals surface area contributed by atoms with Crippen LogP contribution in [0.5, 0.6) is 0 Å². The quantitative estimate of drug-likeness (QED) is 0.687. The molecule has 0 aromatic rings. The van der Waals surface area contributed by atoms with Gasteiger partial charge in [-0.1, -0.05) is 0 Å². The first-order valence-corrected chi connectivity index (χ1v) is 7.43. The maximum absolute atomic E-state index is 12.1. The second-order valence-electron chi connectivity index (χ2n) is 4.95. The Balaban J connectivity index is 2.21. The van der Waals surface area contributed by atoms with Crippen molar-refractivity contribution in [2.24, 2.45) is 0 Å². The van der Waals surface area contributed by atoms with Crippen LogP contribution in [-0.4, -0.2) is 62.1 Å². The third-order valence-corrected chi connectivity index (χ3v) is 3.33. The van der Waals surface area contributed by atoms with E-state index < -0.39 is 48.9 Å². The molecular formula is C14H22O8. The molecule has 2 aliphatic rings. The molecule has 0 spiro atoms. The van der Waals surface area contributed by atoms with Gasteiger partial charge in [0.05, 0.1) is 13.2 Å². The lowest BCUT2D eigenvalue weighted by Crippen LogP contribution is -2.64. The van der Waals surface area contributed by atoms with Crippen LogP contribution in [0.4, 0.5) is 0 Å². The summed E-state index contributed by atoms with van der Waals surface area (Å²) in [6.45, 7) is 7.10. The van der Waals surface area contributed by atoms with Crippen molar-refractivity contribution in [3.05, 3.63) is 0 Å². The topological polar surface area (TPSA) is 89.5 Å². The van der Waals surface area contributed by atoms with E-state index in [1.807, 2.05) is 0 Å². The first kappa shape index (κ1) is 17.1. The van der Waals surface area contributed by atoms with Gasteiger partial charge in [-0.2, -0.15) is 0 Å². The van der Waals surface area contributed by atoms with Gasteiger partial charge in [-0.3, -0.25) is 0 Å². The highest BCUT2D eigenvalue weighted by atomic mass is 16.8. The zero-order valence-corrected chi connectivity index (χ0v) is 13.1. The van der Waals surface area contributed by atoms with Crippen LogP contribution in [0.15, 0.2) is 0 Å². The average Bonchev–Trinajstić information content (AvgIpc) is 2.46. The normalized spacial score (nSPS) is 38.0. The Bertz CT molecular complexity index is 374. The Kier molecular flexibility index (Phi) is 5.74. The largest absolute Gasteiger partial charge is 0.464 e. The fourth-order valence-corrected chi connectivity index (χ4v) is 2.54. The lowest BCUT2D eigenvalue weighted by molar-refractivity contribution is -0.362. The van der Waals surface area contributed by atoms with Crippen LogP contribution < -0.4 is 0 Å². The fourth-order valence-electron chi connectivity index (χ4n) is 2.54. The van der Waals surface area contributed by atoms with E-state index in [0.717, 1.165) is 0 Å². The van der Waals surface area contributed by atoms with E-state index in [1.165, 1.54) is 0 Å². The van der Waals surface area contributed by atoms with Gasteiger partial charge >= 0.3 is 11.9 Å². The van der Waals surface area contributed by atoms with Crippen molar-refractivity contribution in [3.8, 4) is 0 Å². The number of ether oxygens (including phenoxy) is 6. The molecule has 0 N–H and O–H groups in total. The molecule has 0 aliphatic carbocycles. The van der Waals surface area contributed by atoms with Crippen LogP contribution in [0, 0.1) is 0 Å². The molecule has 2 fully saturated rings. The molecule has 6 atom stereocenters. The highest BCUT2D eigenvalue weighted by molar-refractivity contribution is 5.78. The summed E-state index contributed by atoms with van der Waals surface area (Å²) in [4.78, 5) is 24.1. The monoisotopic (exact) mass is 318 g/mol. The molecule has 126 valence electrons. The molecule has 2 aliphatic heterocycles. The first-order chi connectivity index (χ1) is 10.5. The van der Waals surface area contributed by atoms with Gasteiger partial charge < -0.3 is 28.4 Å². The van der Waals surface area contributed by atoms with Crippen molar-refractivity contribution in [2.45, 2.75) is 64.7 Å². The standard InChI is InChI=1S/C14H22O8/c1-5-17-13(15)11-9-10(20-7(3)21-11)12(14(16)18-6-2)22-8(4)19-9/h7-12H,5-6H2,1-4H3/t7?,8?,9-,10+,11+,12-. The Morgan fingerprint density at radius 2 is 1.14 bits per heavy atom. The average molecular weight is 318 g/mol. The van der Waals surface area contributed by atoms with E-state index in [4.69, 9.17) is 28.4 Å². The van der Waals surface area contributed by atoms with Gasteiger partial charge in [0.15, 0.2) is 24.8 Å². The molecule has 0 saturated carbocycles. The molecule has 2 rings (SSSR count). The third-order valence-electron chi connectivity index (χ3n) is 3.33. The number of carbonyl (C=O) groups is 2. The molecule has 2 heterocycles. The fraction of sp³-hybridized carbons (Fsp3) is 0.857. The van der Waals surface area contributed by atoms with Crippen molar-refractivity contribution >= 4 is 11.9 Å². The minimum Gasteiger partial charge on any atom is -0.464 e. The maximum atomic E-state index is 12.1. The molecule has 0 bridgehead atoms. The van der Waals surface area contributed by atoms with E-state index in [2.05, 4.69) is 0 Å². The molecule has 8 nitrogen and oxygen atoms in total. The zero-order chi connectivity index (χ0) is 16.3. The predicted octanol–water partition coefficient (Wildman–Crippen LogP) is 0.373. The minimum atomic E-state index is -0.975. The van der Waals surface area contributed by atoms with Crippen molar-refractivity contribution in [1.82, 2.24) is 0 Å². The van der Waals surface area contributed by atoms with Gasteiger partial charge in [0.25, 0.3) is 0 Å². The van der Waals surface area contributed by atoms with Crippen LogP contribution in [0.3, 0.4) is 0 Å². The highest BCUT2D eigenvalue weighted by Crippen LogP contribution is 2.32. The molecule has 0 aromatic carbocycles. The van der Waals surface area contributed by atoms with Crippen LogP contribution in [0.25, 0.3) is 0 Å². The van der Waals surface area contributed by atoms with E-state index in [9.17, 15) is 9.59 Å². The lowest BCUT2D eigenvalue weighted by atomic mass is 9.99. The SMILES string of the molecule is CCOC(=O)[C@H]1OC(C)O[C@H]2[C@H]1OC(C)O[C@H]2C(=O)OCC. The number of rotatable bonds is 4. The molecule has 0 aromatic heterocycles. The Hall–Kier alpha value is -1.22. The summed E-state index contributed by atoms with van der Waals surface area (Å²) < 4.78 is 32.1. The zero-order valence-electron chi connectivity index (χ0n) is 13.1. The molecule has 0 amide bonds. The third kappa shape index (κ3) is 3.57. The number of carbonyl (C=O) groups excluding carboxylic acids is 2. The summed E-state index contributed by atoms with van der Waals surface area (Å²) >= 11 is 0. The van der Waals surface area contributed by atoms with Crippen molar-refractivity contribution in [3.63, 3.8) is 0 Å². The van der Waals surface area contributed by atoms with Gasteiger partial charge in [0.1, 0.15) is 12.2 Å². The van der Waals surface area contributed by atoms with Gasteiger partial charge in [-0.15, -0.1) is 0 Å². The van der Waals surface area contributed by atoms with Gasteiger partial charge in [-0.25, -0.2) is 9.59 Å². The number of fused-ring (bicyclic) bond motifs is 1. The summed E-state index contributed by atoms with van der Waals surface area (Å²) in [6.07, 6.45) is -4.95. The van der Waals surface area contributed by atoms with Gasteiger partial charge in [0, 0.05) is 0 Å². The predicted molar refractivity (Wildman–Crippen MR) is 71.7 cm³/mol. The summed E-state index contributed by atoms with van der Waals surface area (Å²) in [5.74, 6) is -1.10. The summed E-state index contributed by atoms with van der Waals surface area (Å²) in [6, 6.07) is 0. The van der Waals surface area contributed by atoms with Crippen LogP contribution in [0.2, 0.25) is 0 Å². The second kappa shape index (κ2) is 7.36. The van der Waals surface area contributed by atoms with Crippen molar-refractivity contribution in [2.75, 3.05) is 13.2 Å². The van der Waals surface area contributed by atoms with Crippen LogP contribution in [0.1, 0.15) is 27.7 Å². The molecular weight excluding hydrogens is 296 g/mol. The molecule has 22 heavy (non-hydrogen) atoms. The first-order valence-electron chi connectivity index (χ1n) is 7.43. The second-order valence-corrected chi connectivity index (χ2v) is 4.95. The van der Waals surface area contributed by atoms with Gasteiger partial charge in [0.2, 0.25) is 0 Å². The molecule has 2 unspecified atom stereocenters. The van der Waals surface area contributed by atoms with Crippen molar-refractivity contribution < 1.29 is 38.0 Å². The van der Waals surface area contributed by atoms with Crippen molar-refractivity contribution in [1.29, 1.82) is 0 Å². The van der Waals surface area contributed by atoms with Crippen LogP contribution in [-0.2, 0) is 38.0 Å². The van der Waals surface area contributed by atoms with E-state index >= 15 is 0 Å². The van der Waals surface area contributed by atoms with Gasteiger partial charge in [-0.05, 0) is 27.7 Å². The Morgan fingerprint density at radius 3 is 1.45 bits per heavy atom. The Labute approximate surface area is 128 Å². The molecule has 0 radical (unpaired) electrons. The smallest absolute Gasteiger partial charge is 0.338 e. The summed E-state index contributed by atoms with van der Waals surface area (Å²) in [7, 11) is 0.